The zero-order valence-corrected chi connectivity index (χ0v) is 13.7. The molecule has 3 nitrogen and oxygen atoms in total. The van der Waals surface area contributed by atoms with Gasteiger partial charge in [-0.2, -0.15) is 0 Å². The van der Waals surface area contributed by atoms with Gasteiger partial charge in [0.2, 0.25) is 0 Å². The number of nitrogens with zero attached hydrogens (tertiary/aromatic N) is 2. The van der Waals surface area contributed by atoms with Crippen molar-refractivity contribution in [1.29, 1.82) is 0 Å². The highest BCUT2D eigenvalue weighted by molar-refractivity contribution is 6.30. The van der Waals surface area contributed by atoms with Crippen molar-refractivity contribution in [3.8, 4) is 0 Å². The number of likely N-dealkylation sites (tertiary alicyclic amines) is 1. The second kappa shape index (κ2) is 8.74. The molecule has 0 saturated carbocycles. The molecule has 0 bridgehead atoms. The number of benzene rings is 1. The van der Waals surface area contributed by atoms with E-state index in [9.17, 15) is 0 Å². The maximum absolute atomic E-state index is 9.12. The molecule has 1 aromatic carbocycles. The van der Waals surface area contributed by atoms with Gasteiger partial charge in [-0.1, -0.05) is 30.7 Å². The first-order valence-corrected chi connectivity index (χ1v) is 8.42. The van der Waals surface area contributed by atoms with Crippen molar-refractivity contribution in [2.45, 2.75) is 38.8 Å². The summed E-state index contributed by atoms with van der Waals surface area (Å²) in [6.45, 7) is 7.86. The Morgan fingerprint density at radius 3 is 2.76 bits per heavy atom. The summed E-state index contributed by atoms with van der Waals surface area (Å²) < 4.78 is 0. The Bertz CT molecular complexity index is 410. The van der Waals surface area contributed by atoms with Crippen LogP contribution in [0.1, 0.15) is 31.7 Å². The van der Waals surface area contributed by atoms with Gasteiger partial charge in [0.1, 0.15) is 0 Å². The molecule has 0 radical (unpaired) electrons. The van der Waals surface area contributed by atoms with Gasteiger partial charge >= 0.3 is 0 Å². The molecular weight excluding hydrogens is 284 g/mol. The van der Waals surface area contributed by atoms with Crippen LogP contribution in [0.3, 0.4) is 0 Å². The van der Waals surface area contributed by atoms with E-state index in [4.69, 9.17) is 16.7 Å². The zero-order valence-electron chi connectivity index (χ0n) is 13.0. The minimum absolute atomic E-state index is 0.263. The number of hydrogen-bond donors (Lipinski definition) is 1. The molecule has 0 spiro atoms. The highest BCUT2D eigenvalue weighted by Gasteiger charge is 2.24. The molecule has 118 valence electrons. The van der Waals surface area contributed by atoms with Crippen LogP contribution in [0.5, 0.6) is 0 Å². The minimum Gasteiger partial charge on any atom is -0.396 e. The van der Waals surface area contributed by atoms with Crippen LogP contribution < -0.4 is 0 Å². The van der Waals surface area contributed by atoms with Crippen molar-refractivity contribution in [3.05, 3.63) is 34.9 Å². The Balaban J connectivity index is 1.95. The van der Waals surface area contributed by atoms with Crippen molar-refractivity contribution in [3.63, 3.8) is 0 Å². The molecule has 2 rings (SSSR count). The molecule has 1 aliphatic heterocycles. The van der Waals surface area contributed by atoms with Gasteiger partial charge in [-0.3, -0.25) is 9.80 Å². The van der Waals surface area contributed by atoms with Gasteiger partial charge in [0.05, 0.1) is 0 Å². The van der Waals surface area contributed by atoms with Crippen molar-refractivity contribution < 1.29 is 5.11 Å². The van der Waals surface area contributed by atoms with Crippen molar-refractivity contribution in [1.82, 2.24) is 9.80 Å². The van der Waals surface area contributed by atoms with E-state index in [1.54, 1.807) is 0 Å². The summed E-state index contributed by atoms with van der Waals surface area (Å²) in [5, 5.41) is 9.91. The highest BCUT2D eigenvalue weighted by Crippen LogP contribution is 2.19. The number of halogens is 1. The number of rotatable bonds is 8. The summed E-state index contributed by atoms with van der Waals surface area (Å²) in [5.74, 6) is 0. The van der Waals surface area contributed by atoms with E-state index in [-0.39, 0.29) is 6.61 Å². The third-order valence-electron chi connectivity index (χ3n) is 4.33. The van der Waals surface area contributed by atoms with Crippen LogP contribution in [-0.2, 0) is 6.54 Å². The maximum atomic E-state index is 9.12. The van der Waals surface area contributed by atoms with Crippen LogP contribution in [0.25, 0.3) is 0 Å². The maximum Gasteiger partial charge on any atom is 0.0443 e. The summed E-state index contributed by atoms with van der Waals surface area (Å²) in [5.41, 5.74) is 1.29. The van der Waals surface area contributed by atoms with Crippen LogP contribution >= 0.6 is 11.6 Å². The second-order valence-electron chi connectivity index (χ2n) is 5.86. The molecule has 1 unspecified atom stereocenters. The lowest BCUT2D eigenvalue weighted by molar-refractivity contribution is 0.159. The van der Waals surface area contributed by atoms with Crippen molar-refractivity contribution in [2.75, 3.05) is 32.8 Å². The molecule has 1 fully saturated rings. The summed E-state index contributed by atoms with van der Waals surface area (Å²) >= 11 is 5.95. The molecule has 0 aromatic heterocycles. The molecule has 21 heavy (non-hydrogen) atoms. The fourth-order valence-electron chi connectivity index (χ4n) is 3.19. The van der Waals surface area contributed by atoms with E-state index in [2.05, 4.69) is 28.9 Å². The van der Waals surface area contributed by atoms with Gasteiger partial charge in [0, 0.05) is 37.3 Å². The summed E-state index contributed by atoms with van der Waals surface area (Å²) in [4.78, 5) is 5.05. The predicted octanol–water partition coefficient (Wildman–Crippen LogP) is 3.01. The second-order valence-corrected chi connectivity index (χ2v) is 6.30. The topological polar surface area (TPSA) is 26.7 Å². The van der Waals surface area contributed by atoms with Crippen LogP contribution in [0.2, 0.25) is 5.02 Å². The molecule has 0 amide bonds. The van der Waals surface area contributed by atoms with Gasteiger partial charge in [-0.05, 0) is 50.0 Å². The molecule has 4 heteroatoms. The van der Waals surface area contributed by atoms with Crippen molar-refractivity contribution >= 4 is 11.6 Å². The van der Waals surface area contributed by atoms with Crippen LogP contribution in [0, 0.1) is 0 Å². The Morgan fingerprint density at radius 1 is 1.33 bits per heavy atom. The SMILES string of the molecule is CCN1CCCC1CN(CCCO)Cc1ccc(Cl)cc1. The first kappa shape index (κ1) is 16.8. The summed E-state index contributed by atoms with van der Waals surface area (Å²) in [6.07, 6.45) is 3.45. The number of aliphatic hydroxyl groups excluding tert-OH is 1. The van der Waals surface area contributed by atoms with Crippen LogP contribution in [0.4, 0.5) is 0 Å². The molecule has 1 N–H and O–H groups in total. The first-order valence-electron chi connectivity index (χ1n) is 8.04. The standard InChI is InChI=1S/C17H27ClN2O/c1-2-20-11-3-5-17(20)14-19(10-4-12-21)13-15-6-8-16(18)9-7-15/h6-9,17,21H,2-5,10-14H2,1H3. The van der Waals surface area contributed by atoms with Crippen LogP contribution in [0.15, 0.2) is 24.3 Å². The average Bonchev–Trinajstić information content (AvgIpc) is 2.94. The quantitative estimate of drug-likeness (QED) is 0.799. The van der Waals surface area contributed by atoms with E-state index < -0.39 is 0 Å². The Labute approximate surface area is 133 Å². The van der Waals surface area contributed by atoms with E-state index in [0.717, 1.165) is 37.6 Å². The molecular formula is C17H27ClN2O. The first-order chi connectivity index (χ1) is 10.2. The fraction of sp³-hybridized carbons (Fsp3) is 0.647. The highest BCUT2D eigenvalue weighted by atomic mass is 35.5. The van der Waals surface area contributed by atoms with Gasteiger partial charge in [-0.25, -0.2) is 0 Å². The third-order valence-corrected chi connectivity index (χ3v) is 4.58. The normalized spacial score (nSPS) is 19.5. The number of hydrogen-bond acceptors (Lipinski definition) is 3. The van der Waals surface area contributed by atoms with Gasteiger partial charge in [-0.15, -0.1) is 0 Å². The molecule has 1 saturated heterocycles. The largest absolute Gasteiger partial charge is 0.396 e. The van der Waals surface area contributed by atoms with Gasteiger partial charge in [0.25, 0.3) is 0 Å². The fourth-order valence-corrected chi connectivity index (χ4v) is 3.32. The Kier molecular flexibility index (Phi) is 6.97. The van der Waals surface area contributed by atoms with Gasteiger partial charge in [0.15, 0.2) is 0 Å². The average molecular weight is 311 g/mol. The van der Waals surface area contributed by atoms with E-state index in [1.165, 1.54) is 24.9 Å². The Hall–Kier alpha value is -0.610. The zero-order chi connectivity index (χ0) is 15.1. The van der Waals surface area contributed by atoms with E-state index in [0.29, 0.717) is 6.04 Å². The predicted molar refractivity (Wildman–Crippen MR) is 88.7 cm³/mol. The molecule has 1 atom stereocenters. The van der Waals surface area contributed by atoms with E-state index in [1.807, 2.05) is 12.1 Å². The minimum atomic E-state index is 0.263. The summed E-state index contributed by atoms with van der Waals surface area (Å²) in [7, 11) is 0. The molecule has 0 aliphatic carbocycles. The third kappa shape index (κ3) is 5.26. The lowest BCUT2D eigenvalue weighted by Gasteiger charge is -2.30. The lowest BCUT2D eigenvalue weighted by Crippen LogP contribution is -2.40. The smallest absolute Gasteiger partial charge is 0.0443 e. The van der Waals surface area contributed by atoms with E-state index >= 15 is 0 Å². The van der Waals surface area contributed by atoms with Gasteiger partial charge < -0.3 is 5.11 Å². The van der Waals surface area contributed by atoms with Crippen LogP contribution in [-0.4, -0.2) is 53.7 Å². The number of likely N-dealkylation sites (N-methyl/N-ethyl adjacent to an activating group) is 1. The summed E-state index contributed by atoms with van der Waals surface area (Å²) in [6, 6.07) is 8.77. The molecule has 1 aromatic rings. The Morgan fingerprint density at radius 2 is 2.10 bits per heavy atom. The number of aliphatic hydroxyl groups is 1. The van der Waals surface area contributed by atoms with Crippen molar-refractivity contribution in [2.24, 2.45) is 0 Å². The lowest BCUT2D eigenvalue weighted by atomic mass is 10.1. The molecule has 1 heterocycles. The molecule has 1 aliphatic rings. The monoisotopic (exact) mass is 310 g/mol.